The summed E-state index contributed by atoms with van der Waals surface area (Å²) in [5, 5.41) is 14.6. The average Bonchev–Trinajstić information content (AvgIpc) is 2.26. The minimum absolute atomic E-state index is 0.177. The van der Waals surface area contributed by atoms with Gasteiger partial charge in [-0.25, -0.2) is 4.39 Å². The first kappa shape index (κ1) is 14.1. The van der Waals surface area contributed by atoms with Gasteiger partial charge >= 0.3 is 0 Å². The van der Waals surface area contributed by atoms with Gasteiger partial charge in [-0.3, -0.25) is 0 Å². The number of anilines is 1. The molecule has 0 fully saturated rings. The third kappa shape index (κ3) is 4.40. The van der Waals surface area contributed by atoms with E-state index >= 15 is 0 Å². The van der Waals surface area contributed by atoms with E-state index in [2.05, 4.69) is 26.4 Å². The first-order valence-corrected chi connectivity index (χ1v) is 6.06. The fraction of sp³-hybridized carbons (Fsp3) is 0.300. The van der Waals surface area contributed by atoms with Crippen molar-refractivity contribution in [1.29, 1.82) is 0 Å². The van der Waals surface area contributed by atoms with Crippen LogP contribution < -0.4 is 11.1 Å². The zero-order chi connectivity index (χ0) is 12.8. The van der Waals surface area contributed by atoms with E-state index in [-0.39, 0.29) is 5.84 Å². The van der Waals surface area contributed by atoms with Crippen LogP contribution in [0.15, 0.2) is 21.8 Å². The number of rotatable bonds is 5. The Labute approximate surface area is 112 Å². The number of halogens is 3. The van der Waals surface area contributed by atoms with Crippen molar-refractivity contribution in [3.8, 4) is 0 Å². The second-order valence-corrected chi connectivity index (χ2v) is 4.63. The fourth-order valence-electron chi connectivity index (χ4n) is 1.24. The molecule has 1 rings (SSSR count). The quantitative estimate of drug-likeness (QED) is 0.256. The van der Waals surface area contributed by atoms with Gasteiger partial charge in [-0.05, 0) is 34.5 Å². The third-order valence-corrected chi connectivity index (χ3v) is 2.97. The number of benzene rings is 1. The van der Waals surface area contributed by atoms with Crippen LogP contribution in [0.2, 0.25) is 5.02 Å². The van der Waals surface area contributed by atoms with Gasteiger partial charge in [0.05, 0.1) is 10.7 Å². The normalized spacial score (nSPS) is 11.6. The van der Waals surface area contributed by atoms with Gasteiger partial charge < -0.3 is 16.3 Å². The lowest BCUT2D eigenvalue weighted by atomic mass is 10.2. The first-order chi connectivity index (χ1) is 8.04. The summed E-state index contributed by atoms with van der Waals surface area (Å²) in [4.78, 5) is 0. The first-order valence-electron chi connectivity index (χ1n) is 4.89. The Morgan fingerprint density at radius 2 is 2.29 bits per heavy atom. The van der Waals surface area contributed by atoms with Crippen molar-refractivity contribution in [2.45, 2.75) is 12.8 Å². The largest absolute Gasteiger partial charge is 0.409 e. The number of hydrogen-bond donors (Lipinski definition) is 3. The van der Waals surface area contributed by atoms with Crippen molar-refractivity contribution < 1.29 is 9.60 Å². The monoisotopic (exact) mass is 323 g/mol. The molecule has 0 aliphatic heterocycles. The van der Waals surface area contributed by atoms with Gasteiger partial charge in [0.2, 0.25) is 0 Å². The van der Waals surface area contributed by atoms with Gasteiger partial charge in [0.25, 0.3) is 0 Å². The number of nitrogens with zero attached hydrogens (tertiary/aromatic N) is 1. The summed E-state index contributed by atoms with van der Waals surface area (Å²) in [6.07, 6.45) is 1.15. The highest BCUT2D eigenvalue weighted by Crippen LogP contribution is 2.31. The van der Waals surface area contributed by atoms with Gasteiger partial charge in [-0.15, -0.1) is 0 Å². The number of hydrogen-bond acceptors (Lipinski definition) is 3. The van der Waals surface area contributed by atoms with E-state index in [9.17, 15) is 4.39 Å². The number of nitrogens with two attached hydrogens (primary N) is 1. The standard InChI is InChI=1S/C10H12BrClFN3O/c11-7-4-6(13)5-8(12)10(7)15-3-1-2-9(14)16-17/h4-5,15,17H,1-3H2,(H2,14,16). The Bertz CT molecular complexity index is 405. The van der Waals surface area contributed by atoms with E-state index in [0.717, 1.165) is 0 Å². The van der Waals surface area contributed by atoms with Crippen molar-refractivity contribution in [2.24, 2.45) is 10.9 Å². The molecule has 0 radical (unpaired) electrons. The van der Waals surface area contributed by atoms with Crippen LogP contribution in [0.4, 0.5) is 10.1 Å². The van der Waals surface area contributed by atoms with Crippen molar-refractivity contribution >= 4 is 39.1 Å². The predicted molar refractivity (Wildman–Crippen MR) is 70.2 cm³/mol. The lowest BCUT2D eigenvalue weighted by Gasteiger charge is -2.10. The summed E-state index contributed by atoms with van der Waals surface area (Å²) in [5.41, 5.74) is 5.95. The number of amidine groups is 1. The molecule has 0 bridgehead atoms. The topological polar surface area (TPSA) is 70.6 Å². The second-order valence-electron chi connectivity index (χ2n) is 3.37. The molecule has 1 aromatic carbocycles. The van der Waals surface area contributed by atoms with Crippen molar-refractivity contribution in [3.05, 3.63) is 27.4 Å². The fourth-order valence-corrected chi connectivity index (χ4v) is 2.20. The molecule has 0 unspecified atom stereocenters. The molecule has 0 amide bonds. The van der Waals surface area contributed by atoms with E-state index in [0.29, 0.717) is 34.6 Å². The third-order valence-electron chi connectivity index (χ3n) is 2.05. The van der Waals surface area contributed by atoms with Crippen LogP contribution in [0.25, 0.3) is 0 Å². The van der Waals surface area contributed by atoms with Crippen molar-refractivity contribution in [1.82, 2.24) is 0 Å². The Morgan fingerprint density at radius 1 is 1.59 bits per heavy atom. The molecule has 0 atom stereocenters. The Kier molecular flexibility index (Phi) is 5.50. The molecule has 1 aromatic rings. The lowest BCUT2D eigenvalue weighted by Crippen LogP contribution is -2.13. The van der Waals surface area contributed by atoms with Crippen LogP contribution in [-0.2, 0) is 0 Å². The molecule has 4 N–H and O–H groups in total. The maximum atomic E-state index is 12.9. The molecular weight excluding hydrogens is 312 g/mol. The van der Waals surface area contributed by atoms with E-state index < -0.39 is 5.82 Å². The summed E-state index contributed by atoms with van der Waals surface area (Å²) in [5.74, 6) is -0.222. The average molecular weight is 325 g/mol. The Morgan fingerprint density at radius 3 is 2.88 bits per heavy atom. The molecule has 7 heteroatoms. The Hall–Kier alpha value is -1.01. The highest BCUT2D eigenvalue weighted by Gasteiger charge is 2.07. The maximum Gasteiger partial charge on any atom is 0.139 e. The molecule has 0 saturated carbocycles. The summed E-state index contributed by atoms with van der Waals surface area (Å²) in [7, 11) is 0. The molecule has 0 spiro atoms. The molecule has 94 valence electrons. The molecule has 0 heterocycles. The van der Waals surface area contributed by atoms with Crippen LogP contribution in [0.3, 0.4) is 0 Å². The smallest absolute Gasteiger partial charge is 0.139 e. The molecule has 0 saturated heterocycles. The molecule has 4 nitrogen and oxygen atoms in total. The molecule has 0 aliphatic rings. The maximum absolute atomic E-state index is 12.9. The van der Waals surface area contributed by atoms with Gasteiger partial charge in [-0.1, -0.05) is 16.8 Å². The highest BCUT2D eigenvalue weighted by atomic mass is 79.9. The minimum atomic E-state index is -0.399. The van der Waals surface area contributed by atoms with E-state index in [1.807, 2.05) is 0 Å². The molecule has 0 aromatic heterocycles. The van der Waals surface area contributed by atoms with Crippen molar-refractivity contribution in [3.63, 3.8) is 0 Å². The van der Waals surface area contributed by atoms with Crippen LogP contribution in [0.5, 0.6) is 0 Å². The van der Waals surface area contributed by atoms with Gasteiger partial charge in [0.1, 0.15) is 11.7 Å². The highest BCUT2D eigenvalue weighted by molar-refractivity contribution is 9.10. The predicted octanol–water partition coefficient (Wildman–Crippen LogP) is 3.18. The van der Waals surface area contributed by atoms with Gasteiger partial charge in [0.15, 0.2) is 0 Å². The summed E-state index contributed by atoms with van der Waals surface area (Å²) in [6, 6.07) is 2.57. The molecule has 17 heavy (non-hydrogen) atoms. The van der Waals surface area contributed by atoms with Crippen LogP contribution in [0.1, 0.15) is 12.8 Å². The Balaban J connectivity index is 2.52. The molecular formula is C10H12BrClFN3O. The van der Waals surface area contributed by atoms with Crippen LogP contribution >= 0.6 is 27.5 Å². The summed E-state index contributed by atoms with van der Waals surface area (Å²) in [6.45, 7) is 0.584. The van der Waals surface area contributed by atoms with E-state index in [1.54, 1.807) is 0 Å². The van der Waals surface area contributed by atoms with Crippen molar-refractivity contribution in [2.75, 3.05) is 11.9 Å². The van der Waals surface area contributed by atoms with E-state index in [1.165, 1.54) is 12.1 Å². The summed E-state index contributed by atoms with van der Waals surface area (Å²) < 4.78 is 13.5. The van der Waals surface area contributed by atoms with Crippen LogP contribution in [-0.4, -0.2) is 17.6 Å². The van der Waals surface area contributed by atoms with E-state index in [4.69, 9.17) is 22.5 Å². The second kappa shape index (κ2) is 6.66. The van der Waals surface area contributed by atoms with Gasteiger partial charge in [-0.2, -0.15) is 0 Å². The zero-order valence-corrected chi connectivity index (χ0v) is 11.2. The molecule has 0 aliphatic carbocycles. The zero-order valence-electron chi connectivity index (χ0n) is 8.88. The SMILES string of the molecule is NC(CCCNc1c(Cl)cc(F)cc1Br)=NO. The minimum Gasteiger partial charge on any atom is -0.409 e. The lowest BCUT2D eigenvalue weighted by molar-refractivity contribution is 0.316. The van der Waals surface area contributed by atoms with Crippen LogP contribution in [0, 0.1) is 5.82 Å². The number of oxime groups is 1. The number of nitrogens with one attached hydrogen (secondary N) is 1. The summed E-state index contributed by atoms with van der Waals surface area (Å²) >= 11 is 9.10. The van der Waals surface area contributed by atoms with Gasteiger partial charge in [0, 0.05) is 17.4 Å².